The van der Waals surface area contributed by atoms with Crippen molar-refractivity contribution in [2.75, 3.05) is 7.11 Å². The smallest absolute Gasteiger partial charge is 0.338 e. The van der Waals surface area contributed by atoms with E-state index in [1.54, 1.807) is 0 Å². The Morgan fingerprint density at radius 2 is 2.20 bits per heavy atom. The van der Waals surface area contributed by atoms with Crippen LogP contribution in [-0.4, -0.2) is 28.2 Å². The highest BCUT2D eigenvalue weighted by Crippen LogP contribution is 2.26. The number of carboxylic acids is 1. The second-order valence-electron chi connectivity index (χ2n) is 3.56. The van der Waals surface area contributed by atoms with E-state index in [0.29, 0.717) is 4.47 Å². The predicted molar refractivity (Wildman–Crippen MR) is 69.7 cm³/mol. The van der Waals surface area contributed by atoms with Gasteiger partial charge < -0.3 is 14.6 Å². The molecule has 0 spiro atoms. The van der Waals surface area contributed by atoms with E-state index in [1.165, 1.54) is 19.4 Å². The Morgan fingerprint density at radius 1 is 1.45 bits per heavy atom. The van der Waals surface area contributed by atoms with Crippen LogP contribution < -0.4 is 9.47 Å². The molecule has 20 heavy (non-hydrogen) atoms. The van der Waals surface area contributed by atoms with E-state index >= 15 is 0 Å². The van der Waals surface area contributed by atoms with E-state index in [4.69, 9.17) is 14.6 Å². The van der Waals surface area contributed by atoms with Gasteiger partial charge in [-0.25, -0.2) is 14.2 Å². The predicted octanol–water partition coefficient (Wildman–Crippen LogP) is 2.88. The molecule has 0 aliphatic carbocycles. The lowest BCUT2D eigenvalue weighted by atomic mass is 10.2. The van der Waals surface area contributed by atoms with Crippen molar-refractivity contribution in [3.63, 3.8) is 0 Å². The fraction of sp³-hybridized carbons (Fsp3) is 0.0833. The molecule has 0 unspecified atom stereocenters. The molecular weight excluding hydrogens is 335 g/mol. The summed E-state index contributed by atoms with van der Waals surface area (Å²) in [7, 11) is 1.43. The summed E-state index contributed by atoms with van der Waals surface area (Å²) < 4.78 is 24.2. The number of aromatic nitrogens is 2. The number of carboxylic acid groups (broad SMARTS) is 1. The van der Waals surface area contributed by atoms with Crippen molar-refractivity contribution in [3.05, 3.63) is 40.2 Å². The van der Waals surface area contributed by atoms with Gasteiger partial charge in [-0.2, -0.15) is 4.98 Å². The van der Waals surface area contributed by atoms with Crippen LogP contribution in [0.15, 0.2) is 28.9 Å². The van der Waals surface area contributed by atoms with Crippen LogP contribution in [0.25, 0.3) is 0 Å². The van der Waals surface area contributed by atoms with E-state index in [-0.39, 0.29) is 17.6 Å². The zero-order chi connectivity index (χ0) is 14.7. The van der Waals surface area contributed by atoms with Gasteiger partial charge in [-0.3, -0.25) is 0 Å². The topological polar surface area (TPSA) is 81.5 Å². The van der Waals surface area contributed by atoms with E-state index in [1.807, 2.05) is 0 Å². The van der Waals surface area contributed by atoms with Crippen LogP contribution in [0.2, 0.25) is 0 Å². The molecule has 2 rings (SSSR count). The highest BCUT2D eigenvalue weighted by molar-refractivity contribution is 9.10. The van der Waals surface area contributed by atoms with Crippen LogP contribution >= 0.6 is 15.9 Å². The van der Waals surface area contributed by atoms with Crippen molar-refractivity contribution >= 4 is 21.9 Å². The van der Waals surface area contributed by atoms with Crippen molar-refractivity contribution < 1.29 is 23.8 Å². The summed E-state index contributed by atoms with van der Waals surface area (Å²) in [5.41, 5.74) is -0.438. The van der Waals surface area contributed by atoms with Gasteiger partial charge >= 0.3 is 12.0 Å². The molecule has 0 saturated carbocycles. The summed E-state index contributed by atoms with van der Waals surface area (Å²) in [6.07, 6.45) is 1.42. The molecule has 0 fully saturated rings. The minimum atomic E-state index is -1.35. The van der Waals surface area contributed by atoms with Gasteiger partial charge in [0.1, 0.15) is 11.6 Å². The van der Waals surface area contributed by atoms with Gasteiger partial charge in [-0.1, -0.05) is 0 Å². The molecule has 0 saturated heterocycles. The molecule has 1 aromatic carbocycles. The third-order valence-electron chi connectivity index (χ3n) is 2.26. The van der Waals surface area contributed by atoms with Gasteiger partial charge in [0.05, 0.1) is 23.3 Å². The molecule has 0 amide bonds. The number of benzene rings is 1. The molecule has 0 atom stereocenters. The summed E-state index contributed by atoms with van der Waals surface area (Å²) in [5.74, 6) is -1.91. The number of halogens is 2. The number of methoxy groups -OCH3 is 1. The molecule has 0 radical (unpaired) electrons. The van der Waals surface area contributed by atoms with E-state index in [2.05, 4.69) is 25.9 Å². The SMILES string of the molecule is COc1nc(Oc2ccc(C(=O)O)c(F)c2)ncc1Br. The number of hydrogen-bond donors (Lipinski definition) is 1. The van der Waals surface area contributed by atoms with Gasteiger partial charge in [-0.15, -0.1) is 0 Å². The fourth-order valence-corrected chi connectivity index (χ4v) is 1.72. The van der Waals surface area contributed by atoms with Gasteiger partial charge in [0.2, 0.25) is 5.88 Å². The van der Waals surface area contributed by atoms with E-state index in [9.17, 15) is 9.18 Å². The average Bonchev–Trinajstić information content (AvgIpc) is 2.40. The van der Waals surface area contributed by atoms with Crippen molar-refractivity contribution in [3.8, 4) is 17.6 Å². The van der Waals surface area contributed by atoms with Crippen LogP contribution in [0.5, 0.6) is 17.6 Å². The largest absolute Gasteiger partial charge is 0.480 e. The molecule has 0 bridgehead atoms. The van der Waals surface area contributed by atoms with Gasteiger partial charge in [0.25, 0.3) is 0 Å². The van der Waals surface area contributed by atoms with Crippen LogP contribution in [0.3, 0.4) is 0 Å². The Morgan fingerprint density at radius 3 is 2.80 bits per heavy atom. The molecular formula is C12H8BrFN2O4. The lowest BCUT2D eigenvalue weighted by Gasteiger charge is -2.07. The number of hydrogen-bond acceptors (Lipinski definition) is 5. The molecule has 0 aliphatic heterocycles. The quantitative estimate of drug-likeness (QED) is 0.919. The third kappa shape index (κ3) is 3.02. The number of rotatable bonds is 4. The number of aromatic carboxylic acids is 1. The second-order valence-corrected chi connectivity index (χ2v) is 4.41. The van der Waals surface area contributed by atoms with Crippen LogP contribution in [0.1, 0.15) is 10.4 Å². The molecule has 2 aromatic rings. The van der Waals surface area contributed by atoms with Crippen molar-refractivity contribution in [1.82, 2.24) is 9.97 Å². The molecule has 104 valence electrons. The summed E-state index contributed by atoms with van der Waals surface area (Å²) in [4.78, 5) is 18.5. The first-order valence-corrected chi connectivity index (χ1v) is 6.08. The van der Waals surface area contributed by atoms with Crippen molar-refractivity contribution in [2.45, 2.75) is 0 Å². The highest BCUT2D eigenvalue weighted by atomic mass is 79.9. The Hall–Kier alpha value is -2.22. The fourth-order valence-electron chi connectivity index (χ4n) is 1.37. The van der Waals surface area contributed by atoms with Crippen LogP contribution in [0, 0.1) is 5.82 Å². The maximum Gasteiger partial charge on any atom is 0.338 e. The normalized spacial score (nSPS) is 10.2. The second kappa shape index (κ2) is 5.83. The molecule has 6 nitrogen and oxygen atoms in total. The first-order valence-electron chi connectivity index (χ1n) is 5.28. The Bertz CT molecular complexity index is 666. The Balaban J connectivity index is 2.26. The molecule has 0 aliphatic rings. The minimum absolute atomic E-state index is 0.0486. The van der Waals surface area contributed by atoms with E-state index in [0.717, 1.165) is 12.1 Å². The van der Waals surface area contributed by atoms with Crippen LogP contribution in [0.4, 0.5) is 4.39 Å². The monoisotopic (exact) mass is 342 g/mol. The zero-order valence-corrected chi connectivity index (χ0v) is 11.7. The number of ether oxygens (including phenoxy) is 2. The number of carbonyl (C=O) groups is 1. The van der Waals surface area contributed by atoms with E-state index < -0.39 is 17.3 Å². The maximum absolute atomic E-state index is 13.5. The lowest BCUT2D eigenvalue weighted by molar-refractivity contribution is 0.0692. The molecule has 1 aromatic heterocycles. The third-order valence-corrected chi connectivity index (χ3v) is 2.81. The summed E-state index contributed by atoms with van der Waals surface area (Å²) in [6.45, 7) is 0. The lowest BCUT2D eigenvalue weighted by Crippen LogP contribution is -2.01. The first-order chi connectivity index (χ1) is 9.51. The Labute approximate surface area is 121 Å². The van der Waals surface area contributed by atoms with Crippen LogP contribution in [-0.2, 0) is 0 Å². The van der Waals surface area contributed by atoms with Gasteiger partial charge in [0.15, 0.2) is 0 Å². The van der Waals surface area contributed by atoms with Gasteiger partial charge in [0, 0.05) is 6.07 Å². The first kappa shape index (κ1) is 14.2. The highest BCUT2D eigenvalue weighted by Gasteiger charge is 2.12. The summed E-state index contributed by atoms with van der Waals surface area (Å²) in [5, 5.41) is 8.72. The van der Waals surface area contributed by atoms with Crippen molar-refractivity contribution in [1.29, 1.82) is 0 Å². The minimum Gasteiger partial charge on any atom is -0.480 e. The average molecular weight is 343 g/mol. The maximum atomic E-state index is 13.5. The molecule has 1 N–H and O–H groups in total. The number of nitrogens with zero attached hydrogens (tertiary/aromatic N) is 2. The van der Waals surface area contributed by atoms with Gasteiger partial charge in [-0.05, 0) is 28.1 Å². The zero-order valence-electron chi connectivity index (χ0n) is 10.1. The standard InChI is InChI=1S/C12H8BrFN2O4/c1-19-10-8(13)5-15-12(16-10)20-6-2-3-7(11(17)18)9(14)4-6/h2-5H,1H3,(H,17,18). The summed E-state index contributed by atoms with van der Waals surface area (Å²) in [6, 6.07) is 3.31. The van der Waals surface area contributed by atoms with Crippen molar-refractivity contribution in [2.24, 2.45) is 0 Å². The summed E-state index contributed by atoms with van der Waals surface area (Å²) >= 11 is 3.18. The molecule has 8 heteroatoms. The Kier molecular flexibility index (Phi) is 4.14. The molecule has 1 heterocycles.